The minimum absolute atomic E-state index is 0.121. The standard InChI is InChI=1S/C27H25NO7/c1-16-25(20-12-18(10-11-22(20)35-16)34-15-17-8-6-5-7-9-17)26(29)28-21-14-24(32-3)23(31-2)13-19(21)27(30)33-4/h5-14H,15H2,1-4H3,(H,28,29). The normalized spacial score (nSPS) is 10.6. The molecule has 8 heteroatoms. The van der Waals surface area contributed by atoms with Crippen LogP contribution in [0.1, 0.15) is 32.0 Å². The smallest absolute Gasteiger partial charge is 0.340 e. The van der Waals surface area contributed by atoms with E-state index in [1.54, 1.807) is 25.1 Å². The highest BCUT2D eigenvalue weighted by Crippen LogP contribution is 2.35. The maximum Gasteiger partial charge on any atom is 0.340 e. The number of methoxy groups -OCH3 is 3. The predicted octanol–water partition coefficient (Wildman–Crippen LogP) is 5.38. The average molecular weight is 475 g/mol. The SMILES string of the molecule is COC(=O)c1cc(OC)c(OC)cc1NC(=O)c1c(C)oc2ccc(OCc3ccccc3)cc12. The van der Waals surface area contributed by atoms with Crippen LogP contribution in [0, 0.1) is 6.92 Å². The Morgan fingerprint density at radius 1 is 0.914 bits per heavy atom. The van der Waals surface area contributed by atoms with Crippen molar-refractivity contribution in [1.29, 1.82) is 0 Å². The van der Waals surface area contributed by atoms with Crippen LogP contribution in [0.5, 0.6) is 17.2 Å². The molecular weight excluding hydrogens is 450 g/mol. The summed E-state index contributed by atoms with van der Waals surface area (Å²) in [5, 5.41) is 3.38. The quantitative estimate of drug-likeness (QED) is 0.342. The van der Waals surface area contributed by atoms with Crippen molar-refractivity contribution in [1.82, 2.24) is 0 Å². The number of aryl methyl sites for hydroxylation is 1. The molecule has 1 aromatic heterocycles. The number of rotatable bonds is 8. The molecule has 1 heterocycles. The van der Waals surface area contributed by atoms with Crippen LogP contribution in [0.25, 0.3) is 11.0 Å². The number of anilines is 1. The van der Waals surface area contributed by atoms with Crippen molar-refractivity contribution in [3.05, 3.63) is 83.1 Å². The molecule has 0 saturated carbocycles. The maximum atomic E-state index is 13.4. The van der Waals surface area contributed by atoms with Gasteiger partial charge in [-0.2, -0.15) is 0 Å². The Kier molecular flexibility index (Phi) is 6.91. The minimum atomic E-state index is -0.633. The van der Waals surface area contributed by atoms with Crippen molar-refractivity contribution < 1.29 is 33.0 Å². The van der Waals surface area contributed by atoms with E-state index in [-0.39, 0.29) is 11.3 Å². The van der Waals surface area contributed by atoms with Gasteiger partial charge in [0, 0.05) is 17.5 Å². The molecule has 0 saturated heterocycles. The van der Waals surface area contributed by atoms with Gasteiger partial charge in [0.1, 0.15) is 23.7 Å². The molecule has 0 unspecified atom stereocenters. The largest absolute Gasteiger partial charge is 0.493 e. The highest BCUT2D eigenvalue weighted by molar-refractivity contribution is 6.15. The fraction of sp³-hybridized carbons (Fsp3) is 0.185. The van der Waals surface area contributed by atoms with Gasteiger partial charge in [-0.1, -0.05) is 30.3 Å². The van der Waals surface area contributed by atoms with E-state index >= 15 is 0 Å². The Bertz CT molecular complexity index is 1380. The first-order chi connectivity index (χ1) is 16.9. The van der Waals surface area contributed by atoms with Crippen LogP contribution < -0.4 is 19.5 Å². The van der Waals surface area contributed by atoms with Gasteiger partial charge in [-0.15, -0.1) is 0 Å². The second-order valence-corrected chi connectivity index (χ2v) is 7.66. The first-order valence-electron chi connectivity index (χ1n) is 10.8. The number of esters is 1. The molecule has 0 aliphatic carbocycles. The van der Waals surface area contributed by atoms with E-state index in [2.05, 4.69) is 5.32 Å². The topological polar surface area (TPSA) is 96.2 Å². The summed E-state index contributed by atoms with van der Waals surface area (Å²) in [5.74, 6) is 0.609. The molecule has 0 bridgehead atoms. The monoisotopic (exact) mass is 475 g/mol. The maximum absolute atomic E-state index is 13.4. The van der Waals surface area contributed by atoms with Gasteiger partial charge in [0.05, 0.1) is 38.1 Å². The lowest BCUT2D eigenvalue weighted by Gasteiger charge is -2.14. The number of furan rings is 1. The van der Waals surface area contributed by atoms with Crippen LogP contribution in [0.2, 0.25) is 0 Å². The molecule has 0 spiro atoms. The van der Waals surface area contributed by atoms with Crippen LogP contribution in [0.15, 0.2) is 65.1 Å². The molecule has 0 aliphatic rings. The molecule has 0 aliphatic heterocycles. The number of carbonyl (C=O) groups is 2. The second-order valence-electron chi connectivity index (χ2n) is 7.66. The van der Waals surface area contributed by atoms with Crippen molar-refractivity contribution in [2.45, 2.75) is 13.5 Å². The van der Waals surface area contributed by atoms with E-state index < -0.39 is 11.9 Å². The number of hydrogen-bond donors (Lipinski definition) is 1. The summed E-state index contributed by atoms with van der Waals surface area (Å²) >= 11 is 0. The van der Waals surface area contributed by atoms with Crippen molar-refractivity contribution >= 4 is 28.5 Å². The van der Waals surface area contributed by atoms with Crippen molar-refractivity contribution in [2.75, 3.05) is 26.6 Å². The summed E-state index contributed by atoms with van der Waals surface area (Å²) in [6, 6.07) is 18.1. The molecule has 35 heavy (non-hydrogen) atoms. The van der Waals surface area contributed by atoms with Gasteiger partial charge in [-0.25, -0.2) is 4.79 Å². The van der Waals surface area contributed by atoms with Crippen LogP contribution in [0.4, 0.5) is 5.69 Å². The number of amides is 1. The number of benzene rings is 3. The molecule has 1 amide bonds. The van der Waals surface area contributed by atoms with Gasteiger partial charge in [-0.05, 0) is 30.7 Å². The van der Waals surface area contributed by atoms with Crippen LogP contribution in [0.3, 0.4) is 0 Å². The average Bonchev–Trinajstić information content (AvgIpc) is 3.22. The van der Waals surface area contributed by atoms with E-state index in [0.29, 0.717) is 46.1 Å². The highest BCUT2D eigenvalue weighted by Gasteiger charge is 2.23. The Hall–Kier alpha value is -4.46. The van der Waals surface area contributed by atoms with Gasteiger partial charge in [0.15, 0.2) is 11.5 Å². The lowest BCUT2D eigenvalue weighted by Crippen LogP contribution is -2.16. The number of hydrogen-bond acceptors (Lipinski definition) is 7. The van der Waals surface area contributed by atoms with Crippen molar-refractivity contribution in [3.8, 4) is 17.2 Å². The van der Waals surface area contributed by atoms with E-state index in [1.165, 1.54) is 33.5 Å². The van der Waals surface area contributed by atoms with Crippen molar-refractivity contribution in [3.63, 3.8) is 0 Å². The number of ether oxygens (including phenoxy) is 4. The molecule has 0 radical (unpaired) electrons. The zero-order valence-corrected chi connectivity index (χ0v) is 19.8. The predicted molar refractivity (Wildman–Crippen MR) is 131 cm³/mol. The van der Waals surface area contributed by atoms with Gasteiger partial charge in [-0.3, -0.25) is 4.79 Å². The zero-order chi connectivity index (χ0) is 24.9. The molecule has 180 valence electrons. The molecular formula is C27H25NO7. The lowest BCUT2D eigenvalue weighted by atomic mass is 10.1. The summed E-state index contributed by atoms with van der Waals surface area (Å²) in [6.45, 7) is 2.09. The van der Waals surface area contributed by atoms with E-state index in [9.17, 15) is 9.59 Å². The van der Waals surface area contributed by atoms with Crippen LogP contribution >= 0.6 is 0 Å². The third-order valence-electron chi connectivity index (χ3n) is 5.49. The molecule has 4 aromatic rings. The molecule has 4 rings (SSSR count). The summed E-state index contributed by atoms with van der Waals surface area (Å²) in [5.41, 5.74) is 2.23. The number of nitrogens with one attached hydrogen (secondary N) is 1. The second kappa shape index (κ2) is 10.2. The van der Waals surface area contributed by atoms with Gasteiger partial charge in [0.25, 0.3) is 5.91 Å². The fourth-order valence-electron chi connectivity index (χ4n) is 3.76. The van der Waals surface area contributed by atoms with Gasteiger partial charge in [0.2, 0.25) is 0 Å². The molecule has 0 fully saturated rings. The number of fused-ring (bicyclic) bond motifs is 1. The van der Waals surface area contributed by atoms with E-state index in [0.717, 1.165) is 5.56 Å². The fourth-order valence-corrected chi connectivity index (χ4v) is 3.76. The summed E-state index contributed by atoms with van der Waals surface area (Å²) < 4.78 is 27.2. The van der Waals surface area contributed by atoms with Crippen LogP contribution in [-0.4, -0.2) is 33.2 Å². The first-order valence-corrected chi connectivity index (χ1v) is 10.8. The van der Waals surface area contributed by atoms with Crippen molar-refractivity contribution in [2.24, 2.45) is 0 Å². The van der Waals surface area contributed by atoms with Gasteiger partial charge >= 0.3 is 5.97 Å². The van der Waals surface area contributed by atoms with E-state index in [4.69, 9.17) is 23.4 Å². The zero-order valence-electron chi connectivity index (χ0n) is 19.8. The molecule has 0 atom stereocenters. The van der Waals surface area contributed by atoms with Crippen LogP contribution in [-0.2, 0) is 11.3 Å². The summed E-state index contributed by atoms with van der Waals surface area (Å²) in [4.78, 5) is 25.8. The Balaban J connectivity index is 1.67. The molecule has 8 nitrogen and oxygen atoms in total. The Morgan fingerprint density at radius 2 is 1.63 bits per heavy atom. The summed E-state index contributed by atoms with van der Waals surface area (Å²) in [7, 11) is 4.18. The van der Waals surface area contributed by atoms with E-state index in [1.807, 2.05) is 30.3 Å². The Labute approximate surface area is 202 Å². The molecule has 1 N–H and O–H groups in total. The summed E-state index contributed by atoms with van der Waals surface area (Å²) in [6.07, 6.45) is 0. The number of carbonyl (C=O) groups excluding carboxylic acids is 2. The lowest BCUT2D eigenvalue weighted by molar-refractivity contribution is 0.0601. The van der Waals surface area contributed by atoms with Gasteiger partial charge < -0.3 is 28.7 Å². The third-order valence-corrected chi connectivity index (χ3v) is 5.49. The third kappa shape index (κ3) is 4.91. The highest BCUT2D eigenvalue weighted by atomic mass is 16.5. The Morgan fingerprint density at radius 3 is 2.31 bits per heavy atom. The minimum Gasteiger partial charge on any atom is -0.493 e. The molecule has 3 aromatic carbocycles. The first kappa shape index (κ1) is 23.7.